The van der Waals surface area contributed by atoms with Gasteiger partial charge in [0.15, 0.2) is 11.6 Å². The number of nitrogens with zero attached hydrogens (tertiary/aromatic N) is 3. The summed E-state index contributed by atoms with van der Waals surface area (Å²) in [5, 5.41) is 11.0. The minimum absolute atomic E-state index is 0.217. The highest BCUT2D eigenvalue weighted by Crippen LogP contribution is 2.18. The average Bonchev–Trinajstić information content (AvgIpc) is 3.10. The number of benzene rings is 1. The predicted octanol–water partition coefficient (Wildman–Crippen LogP) is 2.34. The number of nitrogens with one attached hydrogen (secondary N) is 1. The van der Waals surface area contributed by atoms with Crippen molar-refractivity contribution in [3.05, 3.63) is 42.0 Å². The van der Waals surface area contributed by atoms with Crippen molar-refractivity contribution in [3.8, 4) is 5.75 Å². The zero-order valence-electron chi connectivity index (χ0n) is 12.5. The molecule has 6 nitrogen and oxygen atoms in total. The molecule has 0 bridgehead atoms. The lowest BCUT2D eigenvalue weighted by atomic mass is 10.2. The maximum absolute atomic E-state index is 12.1. The molecule has 0 atom stereocenters. The maximum atomic E-state index is 12.1. The van der Waals surface area contributed by atoms with Gasteiger partial charge in [0, 0.05) is 18.7 Å². The Morgan fingerprint density at radius 1 is 1.09 bits per heavy atom. The molecular weight excluding hydrogens is 280 g/mol. The number of amides is 1. The zero-order valence-corrected chi connectivity index (χ0v) is 12.5. The molecule has 1 saturated heterocycles. The second-order valence-corrected chi connectivity index (χ2v) is 5.15. The third-order valence-electron chi connectivity index (χ3n) is 3.67. The molecule has 0 saturated carbocycles. The highest BCUT2D eigenvalue weighted by molar-refractivity contribution is 6.03. The third-order valence-corrected chi connectivity index (χ3v) is 3.67. The standard InChI is InChI=1S/C16H18N4O2/c1-22-13-6-4-12(5-7-13)16(21)17-14-8-9-15(19-18-14)20-10-2-3-11-20/h4-9H,2-3,10-11H2,1H3,(H,17,18,21). The van der Waals surface area contributed by atoms with Gasteiger partial charge in [-0.3, -0.25) is 4.79 Å². The van der Waals surface area contributed by atoms with Crippen LogP contribution in [0.15, 0.2) is 36.4 Å². The number of rotatable bonds is 4. The first kappa shape index (κ1) is 14.3. The van der Waals surface area contributed by atoms with Gasteiger partial charge in [-0.25, -0.2) is 0 Å². The maximum Gasteiger partial charge on any atom is 0.256 e. The van der Waals surface area contributed by atoms with Crippen LogP contribution < -0.4 is 15.0 Å². The zero-order chi connectivity index (χ0) is 15.4. The lowest BCUT2D eigenvalue weighted by Crippen LogP contribution is -2.20. The number of hydrogen-bond donors (Lipinski definition) is 1. The SMILES string of the molecule is COc1ccc(C(=O)Nc2ccc(N3CCCC3)nn2)cc1. The molecule has 1 N–H and O–H groups in total. The Balaban J connectivity index is 1.65. The molecule has 0 spiro atoms. The number of ether oxygens (including phenoxy) is 1. The molecule has 114 valence electrons. The largest absolute Gasteiger partial charge is 0.497 e. The van der Waals surface area contributed by atoms with Crippen LogP contribution in [0.4, 0.5) is 11.6 Å². The molecule has 0 unspecified atom stereocenters. The first-order chi connectivity index (χ1) is 10.8. The predicted molar refractivity (Wildman–Crippen MR) is 84.4 cm³/mol. The van der Waals surface area contributed by atoms with E-state index in [1.807, 2.05) is 6.07 Å². The molecule has 1 fully saturated rings. The van der Waals surface area contributed by atoms with Crippen LogP contribution in [0.25, 0.3) is 0 Å². The molecule has 1 amide bonds. The van der Waals surface area contributed by atoms with Gasteiger partial charge < -0.3 is 15.0 Å². The summed E-state index contributed by atoms with van der Waals surface area (Å²) in [6.45, 7) is 2.04. The van der Waals surface area contributed by atoms with Crippen LogP contribution in [0, 0.1) is 0 Å². The van der Waals surface area contributed by atoms with E-state index in [0.29, 0.717) is 17.1 Å². The number of carbonyl (C=O) groups is 1. The van der Waals surface area contributed by atoms with Crippen LogP contribution >= 0.6 is 0 Å². The third kappa shape index (κ3) is 3.16. The Morgan fingerprint density at radius 2 is 1.82 bits per heavy atom. The van der Waals surface area contributed by atoms with Crippen molar-refractivity contribution in [2.75, 3.05) is 30.4 Å². The minimum atomic E-state index is -0.217. The quantitative estimate of drug-likeness (QED) is 0.938. The van der Waals surface area contributed by atoms with Crippen molar-refractivity contribution >= 4 is 17.5 Å². The lowest BCUT2D eigenvalue weighted by molar-refractivity contribution is 0.102. The van der Waals surface area contributed by atoms with E-state index in [4.69, 9.17) is 4.74 Å². The molecule has 0 aliphatic carbocycles. The van der Waals surface area contributed by atoms with Crippen LogP contribution in [0.1, 0.15) is 23.2 Å². The van der Waals surface area contributed by atoms with Crippen molar-refractivity contribution in [1.29, 1.82) is 0 Å². The molecule has 1 aromatic carbocycles. The molecule has 3 rings (SSSR count). The molecule has 2 aromatic rings. The fourth-order valence-corrected chi connectivity index (χ4v) is 2.44. The normalized spacial score (nSPS) is 14.0. The van der Waals surface area contributed by atoms with E-state index in [0.717, 1.165) is 18.9 Å². The fraction of sp³-hybridized carbons (Fsp3) is 0.312. The minimum Gasteiger partial charge on any atom is -0.497 e. The van der Waals surface area contributed by atoms with Gasteiger partial charge in [-0.2, -0.15) is 0 Å². The molecule has 1 aromatic heterocycles. The Hall–Kier alpha value is -2.63. The van der Waals surface area contributed by atoms with Crippen LogP contribution in [0.3, 0.4) is 0 Å². The monoisotopic (exact) mass is 298 g/mol. The smallest absolute Gasteiger partial charge is 0.256 e. The van der Waals surface area contributed by atoms with Gasteiger partial charge in [-0.1, -0.05) is 0 Å². The number of aromatic nitrogens is 2. The van der Waals surface area contributed by atoms with E-state index in [-0.39, 0.29) is 5.91 Å². The summed E-state index contributed by atoms with van der Waals surface area (Å²) in [4.78, 5) is 14.3. The Labute approximate surface area is 129 Å². The van der Waals surface area contributed by atoms with Gasteiger partial charge in [-0.15, -0.1) is 10.2 Å². The number of hydrogen-bond acceptors (Lipinski definition) is 5. The lowest BCUT2D eigenvalue weighted by Gasteiger charge is -2.15. The van der Waals surface area contributed by atoms with Crippen molar-refractivity contribution in [3.63, 3.8) is 0 Å². The van der Waals surface area contributed by atoms with E-state index in [2.05, 4.69) is 20.4 Å². The van der Waals surface area contributed by atoms with Crippen LogP contribution in [-0.2, 0) is 0 Å². The highest BCUT2D eigenvalue weighted by Gasteiger charge is 2.14. The first-order valence-electron chi connectivity index (χ1n) is 7.30. The van der Waals surface area contributed by atoms with E-state index in [1.165, 1.54) is 12.8 Å². The summed E-state index contributed by atoms with van der Waals surface area (Å²) in [6, 6.07) is 10.6. The van der Waals surface area contributed by atoms with Crippen molar-refractivity contribution < 1.29 is 9.53 Å². The molecule has 0 radical (unpaired) electrons. The summed E-state index contributed by atoms with van der Waals surface area (Å²) in [5.74, 6) is 1.81. The fourth-order valence-electron chi connectivity index (χ4n) is 2.44. The van der Waals surface area contributed by atoms with E-state index >= 15 is 0 Å². The Bertz CT molecular complexity index is 634. The molecule has 6 heteroatoms. The second kappa shape index (κ2) is 6.43. The van der Waals surface area contributed by atoms with Gasteiger partial charge in [0.2, 0.25) is 0 Å². The van der Waals surface area contributed by atoms with Gasteiger partial charge in [0.25, 0.3) is 5.91 Å². The van der Waals surface area contributed by atoms with Gasteiger partial charge in [0.05, 0.1) is 7.11 Å². The van der Waals surface area contributed by atoms with Gasteiger partial charge >= 0.3 is 0 Å². The van der Waals surface area contributed by atoms with E-state index in [1.54, 1.807) is 37.4 Å². The van der Waals surface area contributed by atoms with Crippen LogP contribution in [-0.4, -0.2) is 36.3 Å². The first-order valence-corrected chi connectivity index (χ1v) is 7.30. The average molecular weight is 298 g/mol. The summed E-state index contributed by atoms with van der Waals surface area (Å²) in [7, 11) is 1.59. The molecule has 1 aliphatic rings. The van der Waals surface area contributed by atoms with Gasteiger partial charge in [-0.05, 0) is 49.2 Å². The van der Waals surface area contributed by atoms with E-state index < -0.39 is 0 Å². The molecular formula is C16H18N4O2. The van der Waals surface area contributed by atoms with E-state index in [9.17, 15) is 4.79 Å². The van der Waals surface area contributed by atoms with Crippen molar-refractivity contribution in [2.45, 2.75) is 12.8 Å². The Morgan fingerprint density at radius 3 is 2.41 bits per heavy atom. The summed E-state index contributed by atoms with van der Waals surface area (Å²) < 4.78 is 5.07. The summed E-state index contributed by atoms with van der Waals surface area (Å²) in [5.41, 5.74) is 0.547. The molecule has 22 heavy (non-hydrogen) atoms. The summed E-state index contributed by atoms with van der Waals surface area (Å²) >= 11 is 0. The van der Waals surface area contributed by atoms with Gasteiger partial charge in [0.1, 0.15) is 5.75 Å². The Kier molecular flexibility index (Phi) is 4.18. The number of anilines is 2. The number of methoxy groups -OCH3 is 1. The van der Waals surface area contributed by atoms with Crippen molar-refractivity contribution in [2.24, 2.45) is 0 Å². The van der Waals surface area contributed by atoms with Crippen LogP contribution in [0.5, 0.6) is 5.75 Å². The second-order valence-electron chi connectivity index (χ2n) is 5.15. The van der Waals surface area contributed by atoms with Crippen LogP contribution in [0.2, 0.25) is 0 Å². The molecule has 1 aliphatic heterocycles. The topological polar surface area (TPSA) is 67.3 Å². The number of carbonyl (C=O) groups excluding carboxylic acids is 1. The summed E-state index contributed by atoms with van der Waals surface area (Å²) in [6.07, 6.45) is 2.38. The molecule has 2 heterocycles. The highest BCUT2D eigenvalue weighted by atomic mass is 16.5. The van der Waals surface area contributed by atoms with Crippen molar-refractivity contribution in [1.82, 2.24) is 10.2 Å².